The van der Waals surface area contributed by atoms with Crippen molar-refractivity contribution in [2.24, 2.45) is 0 Å². The van der Waals surface area contributed by atoms with Gasteiger partial charge in [0.05, 0.1) is 29.8 Å². The van der Waals surface area contributed by atoms with Gasteiger partial charge in [0.1, 0.15) is 12.4 Å². The summed E-state index contributed by atoms with van der Waals surface area (Å²) in [6.45, 7) is 1.39. The number of rotatable bonds is 7. The molecule has 1 unspecified atom stereocenters. The number of nitrogens with zero attached hydrogens (tertiary/aromatic N) is 2. The molecule has 10 heteroatoms. The number of fused-ring (bicyclic) bond motifs is 1. The number of methoxy groups -OCH3 is 2. The van der Waals surface area contributed by atoms with E-state index in [4.69, 9.17) is 21.1 Å². The molecule has 1 heterocycles. The highest BCUT2D eigenvalue weighted by Crippen LogP contribution is 2.35. The van der Waals surface area contributed by atoms with Gasteiger partial charge in [-0.1, -0.05) is 29.8 Å². The molecule has 0 radical (unpaired) electrons. The number of halogens is 2. The fourth-order valence-electron chi connectivity index (χ4n) is 4.20. The predicted octanol–water partition coefficient (Wildman–Crippen LogP) is 4.67. The van der Waals surface area contributed by atoms with Crippen LogP contribution < -0.4 is 18.7 Å². The summed E-state index contributed by atoms with van der Waals surface area (Å²) in [5.41, 5.74) is 1.80. The van der Waals surface area contributed by atoms with Gasteiger partial charge in [-0.25, -0.2) is 12.8 Å². The van der Waals surface area contributed by atoms with Crippen LogP contribution in [0.25, 0.3) is 0 Å². The van der Waals surface area contributed by atoms with Crippen molar-refractivity contribution in [3.8, 4) is 11.5 Å². The van der Waals surface area contributed by atoms with E-state index in [1.54, 1.807) is 4.90 Å². The van der Waals surface area contributed by atoms with Crippen molar-refractivity contribution < 1.29 is 27.1 Å². The Morgan fingerprint density at radius 2 is 1.80 bits per heavy atom. The van der Waals surface area contributed by atoms with Crippen molar-refractivity contribution in [3.63, 3.8) is 0 Å². The SMILES string of the molecule is COc1ccc(S(=O)(=O)N(CC(=O)N2c3ccccc3CC2C)c2ccc(F)c(Cl)c2)cc1OC. The number of sulfonamides is 1. The summed E-state index contributed by atoms with van der Waals surface area (Å²) >= 11 is 5.97. The Kier molecular flexibility index (Phi) is 6.91. The molecule has 1 aliphatic heterocycles. The van der Waals surface area contributed by atoms with Crippen LogP contribution >= 0.6 is 11.6 Å². The van der Waals surface area contributed by atoms with Crippen LogP contribution in [0.4, 0.5) is 15.8 Å². The van der Waals surface area contributed by atoms with Crippen molar-refractivity contribution in [1.82, 2.24) is 0 Å². The van der Waals surface area contributed by atoms with Gasteiger partial charge in [0, 0.05) is 17.8 Å². The lowest BCUT2D eigenvalue weighted by Crippen LogP contribution is -2.45. The number of carbonyl (C=O) groups excluding carboxylic acids is 1. The van der Waals surface area contributed by atoms with Gasteiger partial charge in [-0.2, -0.15) is 0 Å². The van der Waals surface area contributed by atoms with Crippen molar-refractivity contribution in [2.75, 3.05) is 30.0 Å². The molecular weight excluding hydrogens is 495 g/mol. The first-order valence-electron chi connectivity index (χ1n) is 10.8. The van der Waals surface area contributed by atoms with E-state index >= 15 is 0 Å². The minimum absolute atomic E-state index is 0.0553. The fourth-order valence-corrected chi connectivity index (χ4v) is 5.80. The van der Waals surface area contributed by atoms with E-state index in [0.29, 0.717) is 12.2 Å². The Balaban J connectivity index is 1.78. The van der Waals surface area contributed by atoms with Gasteiger partial charge >= 0.3 is 0 Å². The molecule has 0 aromatic heterocycles. The molecule has 0 saturated heterocycles. The summed E-state index contributed by atoms with van der Waals surface area (Å²) in [6.07, 6.45) is 0.659. The molecule has 4 rings (SSSR count). The number of carbonyl (C=O) groups is 1. The average Bonchev–Trinajstić information content (AvgIpc) is 3.19. The van der Waals surface area contributed by atoms with Gasteiger partial charge in [-0.15, -0.1) is 0 Å². The molecule has 0 spiro atoms. The number of para-hydroxylation sites is 1. The summed E-state index contributed by atoms with van der Waals surface area (Å²) in [5, 5.41) is -0.262. The average molecular weight is 519 g/mol. The van der Waals surface area contributed by atoms with E-state index in [2.05, 4.69) is 0 Å². The molecule has 7 nitrogen and oxygen atoms in total. The molecule has 3 aromatic rings. The topological polar surface area (TPSA) is 76.2 Å². The summed E-state index contributed by atoms with van der Waals surface area (Å²) in [7, 11) is -1.46. The molecule has 0 bridgehead atoms. The molecule has 1 atom stereocenters. The summed E-state index contributed by atoms with van der Waals surface area (Å²) in [6, 6.07) is 15.0. The lowest BCUT2D eigenvalue weighted by atomic mass is 10.1. The van der Waals surface area contributed by atoms with Crippen LogP contribution in [-0.4, -0.2) is 41.1 Å². The highest BCUT2D eigenvalue weighted by atomic mass is 35.5. The molecule has 0 fully saturated rings. The van der Waals surface area contributed by atoms with Gasteiger partial charge in [0.15, 0.2) is 11.5 Å². The van der Waals surface area contributed by atoms with Gasteiger partial charge in [0.2, 0.25) is 5.91 Å². The molecule has 0 N–H and O–H groups in total. The van der Waals surface area contributed by atoms with Crippen molar-refractivity contribution in [2.45, 2.75) is 24.3 Å². The highest BCUT2D eigenvalue weighted by molar-refractivity contribution is 7.92. The van der Waals surface area contributed by atoms with Crippen LogP contribution in [0.15, 0.2) is 65.6 Å². The van der Waals surface area contributed by atoms with Gasteiger partial charge in [-0.05, 0) is 55.3 Å². The van der Waals surface area contributed by atoms with Crippen molar-refractivity contribution in [1.29, 1.82) is 0 Å². The first-order chi connectivity index (χ1) is 16.7. The predicted molar refractivity (Wildman–Crippen MR) is 133 cm³/mol. The zero-order valence-corrected chi connectivity index (χ0v) is 20.9. The highest BCUT2D eigenvalue weighted by Gasteiger charge is 2.35. The maximum Gasteiger partial charge on any atom is 0.264 e. The minimum Gasteiger partial charge on any atom is -0.493 e. The molecule has 35 heavy (non-hydrogen) atoms. The number of hydrogen-bond acceptors (Lipinski definition) is 5. The number of amides is 1. The van der Waals surface area contributed by atoms with Crippen LogP contribution in [0.1, 0.15) is 12.5 Å². The lowest BCUT2D eigenvalue weighted by molar-refractivity contribution is -0.117. The van der Waals surface area contributed by atoms with E-state index in [0.717, 1.165) is 21.6 Å². The number of anilines is 2. The Bertz CT molecular complexity index is 1380. The van der Waals surface area contributed by atoms with Crippen LogP contribution in [-0.2, 0) is 21.2 Å². The molecule has 0 saturated carbocycles. The monoisotopic (exact) mass is 518 g/mol. The third kappa shape index (κ3) is 4.66. The Morgan fingerprint density at radius 3 is 2.49 bits per heavy atom. The largest absolute Gasteiger partial charge is 0.493 e. The number of ether oxygens (including phenoxy) is 2. The van der Waals surface area contributed by atoms with Crippen molar-refractivity contribution >= 4 is 38.9 Å². The second-order valence-corrected chi connectivity index (χ2v) is 10.3. The second kappa shape index (κ2) is 9.75. The van der Waals surface area contributed by atoms with E-state index in [9.17, 15) is 17.6 Å². The second-order valence-electron chi connectivity index (χ2n) is 8.07. The number of benzene rings is 3. The van der Waals surface area contributed by atoms with Crippen LogP contribution in [0.5, 0.6) is 11.5 Å². The summed E-state index contributed by atoms with van der Waals surface area (Å²) < 4.78 is 52.9. The fraction of sp³-hybridized carbons (Fsp3) is 0.240. The lowest BCUT2D eigenvalue weighted by Gasteiger charge is -2.29. The minimum atomic E-state index is -4.29. The van der Waals surface area contributed by atoms with Gasteiger partial charge in [-0.3, -0.25) is 9.10 Å². The summed E-state index contributed by atoms with van der Waals surface area (Å²) in [4.78, 5) is 15.0. The zero-order valence-electron chi connectivity index (χ0n) is 19.4. The van der Waals surface area contributed by atoms with Crippen LogP contribution in [0.3, 0.4) is 0 Å². The summed E-state index contributed by atoms with van der Waals surface area (Å²) in [5.74, 6) is -0.570. The van der Waals surface area contributed by atoms with E-state index in [1.165, 1.54) is 44.6 Å². The Morgan fingerprint density at radius 1 is 1.09 bits per heavy atom. The number of hydrogen-bond donors (Lipinski definition) is 0. The first-order valence-corrected chi connectivity index (χ1v) is 12.6. The van der Waals surface area contributed by atoms with Gasteiger partial charge in [0.25, 0.3) is 10.0 Å². The third-order valence-electron chi connectivity index (χ3n) is 5.89. The maximum absolute atomic E-state index is 13.9. The molecule has 184 valence electrons. The Hall–Kier alpha value is -3.30. The zero-order chi connectivity index (χ0) is 25.3. The smallest absolute Gasteiger partial charge is 0.264 e. The Labute approximate surface area is 208 Å². The third-order valence-corrected chi connectivity index (χ3v) is 7.95. The quantitative estimate of drug-likeness (QED) is 0.454. The van der Waals surface area contributed by atoms with E-state index < -0.39 is 28.3 Å². The molecule has 0 aliphatic carbocycles. The molecule has 3 aromatic carbocycles. The first kappa shape index (κ1) is 24.8. The van der Waals surface area contributed by atoms with Gasteiger partial charge < -0.3 is 14.4 Å². The van der Waals surface area contributed by atoms with E-state index in [-0.39, 0.29) is 27.4 Å². The maximum atomic E-state index is 13.9. The molecule has 1 amide bonds. The van der Waals surface area contributed by atoms with Crippen LogP contribution in [0, 0.1) is 5.82 Å². The molecule has 1 aliphatic rings. The molecular formula is C25H24ClFN2O5S. The van der Waals surface area contributed by atoms with Crippen LogP contribution in [0.2, 0.25) is 5.02 Å². The normalized spacial score (nSPS) is 15.0. The standard InChI is InChI=1S/C25H24ClFN2O5S/c1-16-12-17-6-4-5-7-22(17)29(16)25(30)15-28(18-8-10-21(27)20(26)13-18)35(31,32)19-9-11-23(33-2)24(14-19)34-3/h4-11,13-14,16H,12,15H2,1-3H3. The van der Waals surface area contributed by atoms with Crippen molar-refractivity contribution in [3.05, 3.63) is 77.1 Å². The van der Waals surface area contributed by atoms with E-state index in [1.807, 2.05) is 31.2 Å².